The fourth-order valence-electron chi connectivity index (χ4n) is 2.84. The van der Waals surface area contributed by atoms with Gasteiger partial charge in [0, 0.05) is 19.1 Å². The van der Waals surface area contributed by atoms with E-state index in [-0.39, 0.29) is 0 Å². The Bertz CT molecular complexity index is 191. The third-order valence-corrected chi connectivity index (χ3v) is 3.76. The summed E-state index contributed by atoms with van der Waals surface area (Å²) in [7, 11) is 0. The summed E-state index contributed by atoms with van der Waals surface area (Å²) in [4.78, 5) is 2.73. The lowest BCUT2D eigenvalue weighted by atomic mass is 9.97. The second-order valence-electron chi connectivity index (χ2n) is 6.24. The highest BCUT2D eigenvalue weighted by atomic mass is 15.2. The van der Waals surface area contributed by atoms with Crippen LogP contribution < -0.4 is 5.32 Å². The van der Waals surface area contributed by atoms with Gasteiger partial charge in [0.2, 0.25) is 0 Å². The predicted molar refractivity (Wildman–Crippen MR) is 76.4 cm³/mol. The normalized spacial score (nSPS) is 24.2. The van der Waals surface area contributed by atoms with E-state index in [1.54, 1.807) is 0 Å². The number of piperidine rings is 1. The summed E-state index contributed by atoms with van der Waals surface area (Å²) in [6.45, 7) is 14.2. The number of rotatable bonds is 7. The van der Waals surface area contributed by atoms with Gasteiger partial charge in [0.05, 0.1) is 0 Å². The number of nitrogens with one attached hydrogen (secondary N) is 1. The molecule has 0 bridgehead atoms. The molecular weight excluding hydrogens is 208 g/mol. The van der Waals surface area contributed by atoms with E-state index in [1.807, 2.05) is 0 Å². The van der Waals surface area contributed by atoms with Crippen molar-refractivity contribution >= 4 is 0 Å². The fourth-order valence-corrected chi connectivity index (χ4v) is 2.84. The van der Waals surface area contributed by atoms with Crippen LogP contribution in [-0.4, -0.2) is 37.1 Å². The van der Waals surface area contributed by atoms with Gasteiger partial charge in [-0.1, -0.05) is 34.1 Å². The van der Waals surface area contributed by atoms with Crippen LogP contribution in [0.15, 0.2) is 0 Å². The van der Waals surface area contributed by atoms with E-state index < -0.39 is 0 Å². The highest BCUT2D eigenvalue weighted by Crippen LogP contribution is 2.19. The van der Waals surface area contributed by atoms with E-state index in [9.17, 15) is 0 Å². The van der Waals surface area contributed by atoms with Crippen LogP contribution in [-0.2, 0) is 0 Å². The SMILES string of the molecule is CCCC(CNCC(C)C)N1CCCC(C)C1. The highest BCUT2D eigenvalue weighted by molar-refractivity contribution is 4.79. The third kappa shape index (κ3) is 5.87. The van der Waals surface area contributed by atoms with E-state index in [4.69, 9.17) is 0 Å². The van der Waals surface area contributed by atoms with Crippen molar-refractivity contribution in [2.45, 2.75) is 59.4 Å². The first-order valence-electron chi connectivity index (χ1n) is 7.58. The molecule has 1 saturated heterocycles. The molecule has 1 rings (SSSR count). The first kappa shape index (κ1) is 15.0. The Hall–Kier alpha value is -0.0800. The molecule has 1 N–H and O–H groups in total. The molecule has 0 saturated carbocycles. The van der Waals surface area contributed by atoms with Gasteiger partial charge >= 0.3 is 0 Å². The minimum atomic E-state index is 0.762. The Labute approximate surface area is 108 Å². The zero-order chi connectivity index (χ0) is 12.7. The second-order valence-corrected chi connectivity index (χ2v) is 6.24. The molecule has 0 aromatic rings. The van der Waals surface area contributed by atoms with E-state index in [1.165, 1.54) is 45.3 Å². The molecular formula is C15H32N2. The Kier molecular flexibility index (Phi) is 7.14. The molecule has 0 aromatic carbocycles. The van der Waals surface area contributed by atoms with Crippen LogP contribution in [0.3, 0.4) is 0 Å². The molecule has 0 aromatic heterocycles. The lowest BCUT2D eigenvalue weighted by molar-refractivity contribution is 0.120. The van der Waals surface area contributed by atoms with Gasteiger partial charge in [-0.25, -0.2) is 0 Å². The van der Waals surface area contributed by atoms with Crippen molar-refractivity contribution in [3.63, 3.8) is 0 Å². The molecule has 0 radical (unpaired) electrons. The predicted octanol–water partition coefficient (Wildman–Crippen LogP) is 3.13. The molecule has 17 heavy (non-hydrogen) atoms. The van der Waals surface area contributed by atoms with Crippen molar-refractivity contribution in [2.75, 3.05) is 26.2 Å². The molecule has 2 unspecified atom stereocenters. The Morgan fingerprint density at radius 1 is 1.29 bits per heavy atom. The number of hydrogen-bond donors (Lipinski definition) is 1. The van der Waals surface area contributed by atoms with Gasteiger partial charge < -0.3 is 5.32 Å². The van der Waals surface area contributed by atoms with E-state index in [0.717, 1.165) is 24.4 Å². The molecule has 102 valence electrons. The van der Waals surface area contributed by atoms with Gasteiger partial charge in [0.25, 0.3) is 0 Å². The molecule has 1 aliphatic rings. The summed E-state index contributed by atoms with van der Waals surface area (Å²) in [6.07, 6.45) is 5.47. The van der Waals surface area contributed by atoms with Crippen LogP contribution in [0.5, 0.6) is 0 Å². The summed E-state index contributed by atoms with van der Waals surface area (Å²) in [5.41, 5.74) is 0. The topological polar surface area (TPSA) is 15.3 Å². The smallest absolute Gasteiger partial charge is 0.0220 e. The standard InChI is InChI=1S/C15H32N2/c1-5-7-15(11-16-10-13(2)3)17-9-6-8-14(4)12-17/h13-16H,5-12H2,1-4H3. The quantitative estimate of drug-likeness (QED) is 0.735. The monoisotopic (exact) mass is 240 g/mol. The highest BCUT2D eigenvalue weighted by Gasteiger charge is 2.22. The first-order chi connectivity index (χ1) is 8.13. The van der Waals surface area contributed by atoms with Gasteiger partial charge in [-0.2, -0.15) is 0 Å². The maximum absolute atomic E-state index is 3.64. The summed E-state index contributed by atoms with van der Waals surface area (Å²) in [6, 6.07) is 0.765. The van der Waals surface area contributed by atoms with Gasteiger partial charge in [-0.15, -0.1) is 0 Å². The van der Waals surface area contributed by atoms with Crippen molar-refractivity contribution in [3.05, 3.63) is 0 Å². The van der Waals surface area contributed by atoms with Crippen LogP contribution in [0.2, 0.25) is 0 Å². The maximum atomic E-state index is 3.64. The Morgan fingerprint density at radius 3 is 2.65 bits per heavy atom. The minimum Gasteiger partial charge on any atom is -0.315 e. The van der Waals surface area contributed by atoms with E-state index in [0.29, 0.717) is 0 Å². The molecule has 0 spiro atoms. The van der Waals surface area contributed by atoms with Crippen LogP contribution in [0, 0.1) is 11.8 Å². The van der Waals surface area contributed by atoms with Gasteiger partial charge in [0.15, 0.2) is 0 Å². The molecule has 0 aliphatic carbocycles. The molecule has 1 aliphatic heterocycles. The first-order valence-corrected chi connectivity index (χ1v) is 7.58. The van der Waals surface area contributed by atoms with Gasteiger partial charge in [-0.3, -0.25) is 4.90 Å². The zero-order valence-electron chi connectivity index (χ0n) is 12.3. The Balaban J connectivity index is 2.35. The van der Waals surface area contributed by atoms with Crippen molar-refractivity contribution in [2.24, 2.45) is 11.8 Å². The lowest BCUT2D eigenvalue weighted by Crippen LogP contribution is -2.47. The van der Waals surface area contributed by atoms with Crippen LogP contribution >= 0.6 is 0 Å². The van der Waals surface area contributed by atoms with Crippen LogP contribution in [0.4, 0.5) is 0 Å². The van der Waals surface area contributed by atoms with Crippen molar-refractivity contribution in [3.8, 4) is 0 Å². The lowest BCUT2D eigenvalue weighted by Gasteiger charge is -2.37. The van der Waals surface area contributed by atoms with Crippen molar-refractivity contribution in [1.29, 1.82) is 0 Å². The molecule has 2 heteroatoms. The van der Waals surface area contributed by atoms with E-state index >= 15 is 0 Å². The second kappa shape index (κ2) is 8.10. The average molecular weight is 240 g/mol. The maximum Gasteiger partial charge on any atom is 0.0220 e. The zero-order valence-corrected chi connectivity index (χ0v) is 12.3. The van der Waals surface area contributed by atoms with Crippen molar-refractivity contribution < 1.29 is 0 Å². The molecule has 0 amide bonds. The summed E-state index contributed by atoms with van der Waals surface area (Å²) >= 11 is 0. The third-order valence-electron chi connectivity index (χ3n) is 3.76. The number of likely N-dealkylation sites (tertiary alicyclic amines) is 1. The number of hydrogen-bond acceptors (Lipinski definition) is 2. The van der Waals surface area contributed by atoms with Gasteiger partial charge in [0.1, 0.15) is 0 Å². The minimum absolute atomic E-state index is 0.762. The largest absolute Gasteiger partial charge is 0.315 e. The van der Waals surface area contributed by atoms with E-state index in [2.05, 4.69) is 37.9 Å². The summed E-state index contributed by atoms with van der Waals surface area (Å²) in [5.74, 6) is 1.66. The molecule has 1 fully saturated rings. The summed E-state index contributed by atoms with van der Waals surface area (Å²) < 4.78 is 0. The summed E-state index contributed by atoms with van der Waals surface area (Å²) in [5, 5.41) is 3.64. The van der Waals surface area contributed by atoms with Gasteiger partial charge in [-0.05, 0) is 44.2 Å². The Morgan fingerprint density at radius 2 is 2.06 bits per heavy atom. The number of nitrogens with zero attached hydrogens (tertiary/aromatic N) is 1. The molecule has 2 nitrogen and oxygen atoms in total. The van der Waals surface area contributed by atoms with Crippen LogP contribution in [0.1, 0.15) is 53.4 Å². The molecule has 2 atom stereocenters. The van der Waals surface area contributed by atoms with Crippen molar-refractivity contribution in [1.82, 2.24) is 10.2 Å². The fraction of sp³-hybridized carbons (Fsp3) is 1.00. The van der Waals surface area contributed by atoms with Crippen LogP contribution in [0.25, 0.3) is 0 Å². The average Bonchev–Trinajstić information content (AvgIpc) is 2.27. The molecule has 1 heterocycles.